The number of nitriles is 1. The zero-order chi connectivity index (χ0) is 10.3. The number of nitrogens with one attached hydrogen (secondary N) is 2. The third-order valence-corrected chi connectivity index (χ3v) is 1.10. The summed E-state index contributed by atoms with van der Waals surface area (Å²) in [5, 5.41) is 12.8. The Hall–Kier alpha value is -2.03. The molecule has 6 nitrogen and oxygen atoms in total. The van der Waals surface area contributed by atoms with Gasteiger partial charge in [-0.25, -0.2) is 9.59 Å². The summed E-state index contributed by atoms with van der Waals surface area (Å²) in [7, 11) is 2.56. The van der Waals surface area contributed by atoms with E-state index in [9.17, 15) is 9.59 Å². The number of nitrogens with zero attached hydrogens (tertiary/aromatic N) is 1. The van der Waals surface area contributed by atoms with Crippen molar-refractivity contribution in [2.45, 2.75) is 0 Å². The Labute approximate surface area is 75.2 Å². The molecular weight excluding hydrogens is 174 g/mol. The van der Waals surface area contributed by atoms with Gasteiger partial charge in [0.1, 0.15) is 6.07 Å². The summed E-state index contributed by atoms with van der Waals surface area (Å²) in [5.41, 5.74) is -0.272. The molecule has 0 atom stereocenters. The number of rotatable bonds is 2. The molecule has 0 saturated heterocycles. The van der Waals surface area contributed by atoms with Crippen LogP contribution in [0.3, 0.4) is 0 Å². The van der Waals surface area contributed by atoms with E-state index in [0.29, 0.717) is 0 Å². The van der Waals surface area contributed by atoms with Gasteiger partial charge in [-0.3, -0.25) is 0 Å². The van der Waals surface area contributed by atoms with E-state index in [0.717, 1.165) is 13.3 Å². The maximum Gasteiger partial charge on any atom is 0.350 e. The van der Waals surface area contributed by atoms with Crippen molar-refractivity contribution in [3.8, 4) is 6.07 Å². The first kappa shape index (κ1) is 11.0. The first-order valence-electron chi connectivity index (χ1n) is 3.32. The van der Waals surface area contributed by atoms with Crippen LogP contribution in [-0.2, 0) is 9.53 Å². The fourth-order valence-corrected chi connectivity index (χ4v) is 0.457. The van der Waals surface area contributed by atoms with Crippen molar-refractivity contribution in [3.05, 3.63) is 11.8 Å². The second kappa shape index (κ2) is 5.60. The van der Waals surface area contributed by atoms with Crippen LogP contribution in [0.1, 0.15) is 0 Å². The van der Waals surface area contributed by atoms with Crippen molar-refractivity contribution in [1.29, 1.82) is 5.26 Å². The van der Waals surface area contributed by atoms with Gasteiger partial charge in [-0.1, -0.05) is 0 Å². The lowest BCUT2D eigenvalue weighted by Gasteiger charge is -1.98. The first-order valence-corrected chi connectivity index (χ1v) is 3.32. The van der Waals surface area contributed by atoms with Crippen molar-refractivity contribution in [2.75, 3.05) is 14.2 Å². The summed E-state index contributed by atoms with van der Waals surface area (Å²) in [6.07, 6.45) is 0.977. The Kier molecular flexibility index (Phi) is 4.72. The molecule has 0 saturated carbocycles. The van der Waals surface area contributed by atoms with Gasteiger partial charge < -0.3 is 15.4 Å². The Morgan fingerprint density at radius 3 is 2.54 bits per heavy atom. The van der Waals surface area contributed by atoms with Crippen LogP contribution in [0.2, 0.25) is 0 Å². The van der Waals surface area contributed by atoms with Crippen LogP contribution in [0.4, 0.5) is 4.79 Å². The molecule has 6 heteroatoms. The maximum absolute atomic E-state index is 10.8. The van der Waals surface area contributed by atoms with Gasteiger partial charge in [0.05, 0.1) is 7.11 Å². The van der Waals surface area contributed by atoms with Gasteiger partial charge >= 0.3 is 12.0 Å². The number of hydrogen-bond donors (Lipinski definition) is 2. The summed E-state index contributed by atoms with van der Waals surface area (Å²) >= 11 is 0. The average molecular weight is 183 g/mol. The fourth-order valence-electron chi connectivity index (χ4n) is 0.457. The zero-order valence-electron chi connectivity index (χ0n) is 7.25. The minimum atomic E-state index is -0.793. The van der Waals surface area contributed by atoms with Crippen molar-refractivity contribution >= 4 is 12.0 Å². The monoisotopic (exact) mass is 183 g/mol. The van der Waals surface area contributed by atoms with E-state index in [4.69, 9.17) is 5.26 Å². The lowest BCUT2D eigenvalue weighted by molar-refractivity contribution is -0.135. The molecule has 0 fully saturated rings. The molecule has 0 aromatic heterocycles. The molecule has 0 aliphatic carbocycles. The highest BCUT2D eigenvalue weighted by molar-refractivity contribution is 5.93. The largest absolute Gasteiger partial charge is 0.465 e. The zero-order valence-corrected chi connectivity index (χ0v) is 7.25. The van der Waals surface area contributed by atoms with E-state index in [1.54, 1.807) is 6.07 Å². The molecule has 0 aliphatic heterocycles. The molecule has 0 bridgehead atoms. The number of amides is 2. The standard InChI is InChI=1S/C7H9N3O3/c1-9-7(12)10-4-5(3-8)6(11)13-2/h4H,1-2H3,(H2,9,10,12)/b5-4-. The minimum Gasteiger partial charge on any atom is -0.465 e. The van der Waals surface area contributed by atoms with E-state index >= 15 is 0 Å². The molecule has 70 valence electrons. The highest BCUT2D eigenvalue weighted by atomic mass is 16.5. The van der Waals surface area contributed by atoms with Gasteiger partial charge in [-0.15, -0.1) is 0 Å². The molecule has 0 aromatic carbocycles. The first-order chi connectivity index (χ1) is 6.15. The number of ether oxygens (including phenoxy) is 1. The third kappa shape index (κ3) is 3.76. The Morgan fingerprint density at radius 1 is 1.54 bits per heavy atom. The van der Waals surface area contributed by atoms with Crippen LogP contribution in [0.5, 0.6) is 0 Å². The van der Waals surface area contributed by atoms with Crippen molar-refractivity contribution in [3.63, 3.8) is 0 Å². The minimum absolute atomic E-state index is 0.272. The normalized spacial score (nSPS) is 9.77. The summed E-state index contributed by atoms with van der Waals surface area (Å²) < 4.78 is 4.27. The molecule has 0 heterocycles. The summed E-state index contributed by atoms with van der Waals surface area (Å²) in [4.78, 5) is 21.4. The van der Waals surface area contributed by atoms with Crippen LogP contribution in [-0.4, -0.2) is 26.2 Å². The predicted octanol–water partition coefficient (Wildman–Crippen LogP) is -0.504. The topological polar surface area (TPSA) is 91.2 Å². The number of urea groups is 1. The molecule has 0 aliphatic rings. The number of esters is 1. The van der Waals surface area contributed by atoms with E-state index < -0.39 is 12.0 Å². The van der Waals surface area contributed by atoms with E-state index in [2.05, 4.69) is 15.4 Å². The molecule has 13 heavy (non-hydrogen) atoms. The third-order valence-electron chi connectivity index (χ3n) is 1.10. The summed E-state index contributed by atoms with van der Waals surface area (Å²) in [5.74, 6) is -0.793. The summed E-state index contributed by atoms with van der Waals surface area (Å²) in [6.45, 7) is 0. The van der Waals surface area contributed by atoms with Gasteiger partial charge in [0, 0.05) is 13.2 Å². The molecule has 2 amide bonds. The number of hydrogen-bond acceptors (Lipinski definition) is 4. The van der Waals surface area contributed by atoms with Crippen LogP contribution in [0, 0.1) is 11.3 Å². The molecule has 0 spiro atoms. The van der Waals surface area contributed by atoms with E-state index in [-0.39, 0.29) is 5.57 Å². The van der Waals surface area contributed by atoms with Crippen LogP contribution in [0.15, 0.2) is 11.8 Å². The molecule has 0 unspecified atom stereocenters. The lowest BCUT2D eigenvalue weighted by Crippen LogP contribution is -2.29. The number of methoxy groups -OCH3 is 1. The van der Waals surface area contributed by atoms with Gasteiger partial charge in [0.15, 0.2) is 5.57 Å². The highest BCUT2D eigenvalue weighted by Crippen LogP contribution is 1.92. The molecule has 0 rings (SSSR count). The van der Waals surface area contributed by atoms with Gasteiger partial charge in [-0.2, -0.15) is 5.26 Å². The smallest absolute Gasteiger partial charge is 0.350 e. The van der Waals surface area contributed by atoms with Gasteiger partial charge in [-0.05, 0) is 0 Å². The van der Waals surface area contributed by atoms with Crippen LogP contribution < -0.4 is 10.6 Å². The molecular formula is C7H9N3O3. The predicted molar refractivity (Wildman–Crippen MR) is 43.3 cm³/mol. The second-order valence-electron chi connectivity index (χ2n) is 1.88. The fraction of sp³-hybridized carbons (Fsp3) is 0.286. The van der Waals surface area contributed by atoms with Gasteiger partial charge in [0.2, 0.25) is 0 Å². The number of carbonyl (C=O) groups excluding carboxylic acids is 2. The molecule has 2 N–H and O–H groups in total. The Balaban J connectivity index is 4.34. The van der Waals surface area contributed by atoms with E-state index in [1.807, 2.05) is 0 Å². The lowest BCUT2D eigenvalue weighted by atomic mass is 10.3. The maximum atomic E-state index is 10.8. The van der Waals surface area contributed by atoms with Gasteiger partial charge in [0.25, 0.3) is 0 Å². The molecule has 0 aromatic rings. The van der Waals surface area contributed by atoms with Crippen LogP contribution in [0.25, 0.3) is 0 Å². The second-order valence-corrected chi connectivity index (χ2v) is 1.88. The summed E-state index contributed by atoms with van der Waals surface area (Å²) in [6, 6.07) is 1.06. The number of carbonyl (C=O) groups is 2. The highest BCUT2D eigenvalue weighted by Gasteiger charge is 2.08. The van der Waals surface area contributed by atoms with Crippen molar-refractivity contribution in [1.82, 2.24) is 10.6 Å². The van der Waals surface area contributed by atoms with Crippen molar-refractivity contribution < 1.29 is 14.3 Å². The molecule has 0 radical (unpaired) electrons. The average Bonchev–Trinajstić information content (AvgIpc) is 2.17. The van der Waals surface area contributed by atoms with Crippen LogP contribution >= 0.6 is 0 Å². The Bertz CT molecular complexity index is 277. The van der Waals surface area contributed by atoms with Crippen molar-refractivity contribution in [2.24, 2.45) is 0 Å². The SMILES string of the molecule is CNC(=O)N/C=C(/C#N)C(=O)OC. The Morgan fingerprint density at radius 2 is 2.15 bits per heavy atom. The van der Waals surface area contributed by atoms with E-state index in [1.165, 1.54) is 7.05 Å². The quantitative estimate of drug-likeness (QED) is 0.343.